The molecule has 1 saturated carbocycles. The molecular weight excluding hydrogens is 364 g/mol. The third kappa shape index (κ3) is 7.18. The van der Waals surface area contributed by atoms with E-state index < -0.39 is 0 Å². The minimum atomic E-state index is 0.00607. The minimum Gasteiger partial charge on any atom is -0.380 e. The Morgan fingerprint density at radius 2 is 1.87 bits per heavy atom. The van der Waals surface area contributed by atoms with Gasteiger partial charge in [0.1, 0.15) is 0 Å². The van der Waals surface area contributed by atoms with Crippen molar-refractivity contribution in [3.8, 4) is 0 Å². The second kappa shape index (κ2) is 11.3. The van der Waals surface area contributed by atoms with Crippen molar-refractivity contribution < 1.29 is 0 Å². The highest BCUT2D eigenvalue weighted by atomic mass is 14.9. The Hall–Kier alpha value is -2.87. The van der Waals surface area contributed by atoms with Crippen LogP contribution in [0.15, 0.2) is 107 Å². The van der Waals surface area contributed by atoms with E-state index in [1.807, 2.05) is 31.2 Å². The molecule has 1 N–H and O–H groups in total. The van der Waals surface area contributed by atoms with Gasteiger partial charge in [0.05, 0.1) is 17.5 Å². The molecule has 1 aromatic rings. The SMILES string of the molecule is C=CC(=NC(=C(C)C)/C(C=CC)=C/C(=C)C1CC1)[C@H](C)NC(=C)Cc1ccccc1. The number of rotatable bonds is 11. The fraction of sp³-hybridized carbons (Fsp3) is 0.321. The summed E-state index contributed by atoms with van der Waals surface area (Å²) in [5.74, 6) is 0.633. The highest BCUT2D eigenvalue weighted by Crippen LogP contribution is 2.37. The van der Waals surface area contributed by atoms with Crippen LogP contribution in [0.3, 0.4) is 0 Å². The number of nitrogens with one attached hydrogen (secondary N) is 1. The molecule has 0 unspecified atom stereocenters. The van der Waals surface area contributed by atoms with Crippen LogP contribution in [0, 0.1) is 5.92 Å². The number of aliphatic imine (C=N–C) groups is 1. The van der Waals surface area contributed by atoms with Gasteiger partial charge in [-0.25, -0.2) is 0 Å². The normalized spacial score (nSPS) is 15.6. The molecule has 0 heterocycles. The molecule has 0 bridgehead atoms. The minimum absolute atomic E-state index is 0.00607. The zero-order valence-corrected chi connectivity index (χ0v) is 19.0. The predicted molar refractivity (Wildman–Crippen MR) is 133 cm³/mol. The summed E-state index contributed by atoms with van der Waals surface area (Å²) < 4.78 is 0. The number of hydrogen-bond acceptors (Lipinski definition) is 2. The van der Waals surface area contributed by atoms with Crippen LogP contribution in [0.25, 0.3) is 0 Å². The summed E-state index contributed by atoms with van der Waals surface area (Å²) in [5.41, 5.74) is 7.54. The second-order valence-electron chi connectivity index (χ2n) is 8.17. The zero-order chi connectivity index (χ0) is 22.1. The van der Waals surface area contributed by atoms with Crippen LogP contribution < -0.4 is 5.32 Å². The molecule has 1 fully saturated rings. The third-order valence-electron chi connectivity index (χ3n) is 5.11. The number of hydrogen-bond donors (Lipinski definition) is 1. The zero-order valence-electron chi connectivity index (χ0n) is 19.0. The van der Waals surface area contributed by atoms with E-state index in [-0.39, 0.29) is 6.04 Å². The molecule has 0 aromatic heterocycles. The summed E-state index contributed by atoms with van der Waals surface area (Å²) in [7, 11) is 0. The van der Waals surface area contributed by atoms with Crippen LogP contribution in [-0.4, -0.2) is 11.8 Å². The van der Waals surface area contributed by atoms with Gasteiger partial charge in [0.15, 0.2) is 0 Å². The van der Waals surface area contributed by atoms with Gasteiger partial charge in [-0.15, -0.1) is 0 Å². The van der Waals surface area contributed by atoms with E-state index in [9.17, 15) is 0 Å². The van der Waals surface area contributed by atoms with E-state index >= 15 is 0 Å². The lowest BCUT2D eigenvalue weighted by Gasteiger charge is -2.19. The maximum absolute atomic E-state index is 5.02. The largest absolute Gasteiger partial charge is 0.380 e. The van der Waals surface area contributed by atoms with Crippen molar-refractivity contribution in [1.82, 2.24) is 5.32 Å². The van der Waals surface area contributed by atoms with E-state index in [0.717, 1.165) is 34.7 Å². The van der Waals surface area contributed by atoms with Crippen LogP contribution in [-0.2, 0) is 6.42 Å². The fourth-order valence-corrected chi connectivity index (χ4v) is 3.33. The van der Waals surface area contributed by atoms with E-state index in [1.54, 1.807) is 0 Å². The van der Waals surface area contributed by atoms with E-state index in [2.05, 4.69) is 76.2 Å². The Kier molecular flexibility index (Phi) is 8.86. The van der Waals surface area contributed by atoms with Gasteiger partial charge in [-0.2, -0.15) is 0 Å². The summed E-state index contributed by atoms with van der Waals surface area (Å²) in [5, 5.41) is 3.49. The predicted octanol–water partition coefficient (Wildman–Crippen LogP) is 7.11. The van der Waals surface area contributed by atoms with Gasteiger partial charge in [0, 0.05) is 12.1 Å². The molecule has 1 aromatic carbocycles. The molecule has 1 atom stereocenters. The van der Waals surface area contributed by atoms with Crippen LogP contribution >= 0.6 is 0 Å². The molecule has 0 saturated heterocycles. The first-order chi connectivity index (χ1) is 14.3. The van der Waals surface area contributed by atoms with Gasteiger partial charge in [-0.3, -0.25) is 4.99 Å². The maximum Gasteiger partial charge on any atom is 0.0692 e. The lowest BCUT2D eigenvalue weighted by atomic mass is 10.0. The summed E-state index contributed by atoms with van der Waals surface area (Å²) in [6.45, 7) is 20.8. The first kappa shape index (κ1) is 23.4. The van der Waals surface area contributed by atoms with Crippen molar-refractivity contribution in [3.05, 3.63) is 108 Å². The van der Waals surface area contributed by atoms with Crippen LogP contribution in [0.4, 0.5) is 0 Å². The van der Waals surface area contributed by atoms with Crippen molar-refractivity contribution in [2.75, 3.05) is 0 Å². The van der Waals surface area contributed by atoms with Crippen molar-refractivity contribution in [2.24, 2.45) is 10.9 Å². The topological polar surface area (TPSA) is 24.4 Å². The highest BCUT2D eigenvalue weighted by Gasteiger charge is 2.23. The molecule has 2 rings (SSSR count). The van der Waals surface area contributed by atoms with Crippen LogP contribution in [0.5, 0.6) is 0 Å². The smallest absolute Gasteiger partial charge is 0.0692 e. The molecule has 1 aliphatic carbocycles. The molecule has 2 heteroatoms. The Morgan fingerprint density at radius 1 is 1.20 bits per heavy atom. The van der Waals surface area contributed by atoms with Gasteiger partial charge < -0.3 is 5.32 Å². The van der Waals surface area contributed by atoms with Gasteiger partial charge >= 0.3 is 0 Å². The lowest BCUT2D eigenvalue weighted by Crippen LogP contribution is -2.32. The first-order valence-corrected chi connectivity index (χ1v) is 10.8. The Balaban J connectivity index is 2.22. The summed E-state index contributed by atoms with van der Waals surface area (Å²) >= 11 is 0. The van der Waals surface area contributed by atoms with Crippen molar-refractivity contribution in [2.45, 2.75) is 53.0 Å². The fourth-order valence-electron chi connectivity index (χ4n) is 3.33. The number of nitrogens with zero attached hydrogens (tertiary/aromatic N) is 1. The van der Waals surface area contributed by atoms with E-state index in [0.29, 0.717) is 5.92 Å². The van der Waals surface area contributed by atoms with Gasteiger partial charge in [-0.1, -0.05) is 73.4 Å². The molecule has 30 heavy (non-hydrogen) atoms. The van der Waals surface area contributed by atoms with Gasteiger partial charge in [0.25, 0.3) is 0 Å². The quantitative estimate of drug-likeness (QED) is 0.310. The molecular formula is C28H36N2. The van der Waals surface area contributed by atoms with Crippen molar-refractivity contribution >= 4 is 5.71 Å². The molecule has 1 aliphatic rings. The number of benzene rings is 1. The summed E-state index contributed by atoms with van der Waals surface area (Å²) in [4.78, 5) is 5.02. The molecule has 2 nitrogen and oxygen atoms in total. The van der Waals surface area contributed by atoms with E-state index in [1.165, 1.54) is 24.0 Å². The molecule has 0 aliphatic heterocycles. The molecule has 0 radical (unpaired) electrons. The Bertz CT molecular complexity index is 886. The average molecular weight is 401 g/mol. The summed E-state index contributed by atoms with van der Waals surface area (Å²) in [6, 6.07) is 10.4. The standard InChI is InChI=1S/C28H36N2/c1-8-13-26(18-21(5)25-16-17-25)28(20(3)4)30-27(9-2)23(7)29-22(6)19-24-14-11-10-12-15-24/h8-15,18,23,25,29H,2,5-6,16-17,19H2,1,3-4,7H3/b13-8?,26-18+,30-27?/t23-/m0/s1. The number of allylic oxidation sites excluding steroid dienone is 6. The van der Waals surface area contributed by atoms with E-state index in [4.69, 9.17) is 4.99 Å². The van der Waals surface area contributed by atoms with Crippen molar-refractivity contribution in [3.63, 3.8) is 0 Å². The Labute approximate surface area is 183 Å². The van der Waals surface area contributed by atoms with Gasteiger partial charge in [0.2, 0.25) is 0 Å². The first-order valence-electron chi connectivity index (χ1n) is 10.8. The molecule has 158 valence electrons. The average Bonchev–Trinajstić information content (AvgIpc) is 3.54. The van der Waals surface area contributed by atoms with Crippen LogP contribution in [0.1, 0.15) is 46.1 Å². The van der Waals surface area contributed by atoms with Gasteiger partial charge in [-0.05, 0) is 69.7 Å². The third-order valence-corrected chi connectivity index (χ3v) is 5.11. The summed E-state index contributed by atoms with van der Waals surface area (Å²) in [6.07, 6.45) is 11.5. The van der Waals surface area contributed by atoms with Crippen LogP contribution in [0.2, 0.25) is 0 Å². The van der Waals surface area contributed by atoms with Crippen molar-refractivity contribution in [1.29, 1.82) is 0 Å². The maximum atomic E-state index is 5.02. The highest BCUT2D eigenvalue weighted by molar-refractivity contribution is 5.99. The second-order valence-corrected chi connectivity index (χ2v) is 8.17. The Morgan fingerprint density at radius 3 is 2.40 bits per heavy atom. The molecule has 0 amide bonds. The monoisotopic (exact) mass is 400 g/mol. The molecule has 0 spiro atoms. The lowest BCUT2D eigenvalue weighted by molar-refractivity contribution is 0.742.